The summed E-state index contributed by atoms with van der Waals surface area (Å²) in [6, 6.07) is 19.4. The number of hydrogen-bond acceptors (Lipinski definition) is 3. The number of hydrazone groups is 1. The van der Waals surface area contributed by atoms with Gasteiger partial charge in [-0.15, -0.1) is 0 Å². The van der Waals surface area contributed by atoms with E-state index in [4.69, 9.17) is 0 Å². The van der Waals surface area contributed by atoms with Crippen LogP contribution in [-0.2, 0) is 9.59 Å². The molecule has 0 aliphatic carbocycles. The number of carbonyl (C=O) groups excluding carboxylic acids is 2. The highest BCUT2D eigenvalue weighted by Gasteiger charge is 2.23. The molecule has 0 saturated heterocycles. The Hall–Kier alpha value is -2.95. The summed E-state index contributed by atoms with van der Waals surface area (Å²) in [5, 5.41) is 5.93. The third-order valence-corrected chi connectivity index (χ3v) is 4.43. The van der Waals surface area contributed by atoms with Gasteiger partial charge in [0.15, 0.2) is 0 Å². The van der Waals surface area contributed by atoms with E-state index in [1.165, 1.54) is 5.01 Å². The lowest BCUT2D eigenvalue weighted by molar-refractivity contribution is -0.132. The monoisotopic (exact) mass is 349 g/mol. The van der Waals surface area contributed by atoms with Crippen molar-refractivity contribution in [2.75, 3.05) is 18.0 Å². The molecule has 0 fully saturated rings. The molecule has 2 aromatic carbocycles. The molecule has 1 aliphatic heterocycles. The first-order chi connectivity index (χ1) is 12.7. The van der Waals surface area contributed by atoms with Crippen LogP contribution in [0.4, 0.5) is 5.69 Å². The van der Waals surface area contributed by atoms with Gasteiger partial charge in [0.2, 0.25) is 11.8 Å². The first-order valence-electron chi connectivity index (χ1n) is 8.97. The van der Waals surface area contributed by atoms with Gasteiger partial charge in [0.05, 0.1) is 12.3 Å². The van der Waals surface area contributed by atoms with Crippen LogP contribution in [0.15, 0.2) is 65.8 Å². The van der Waals surface area contributed by atoms with E-state index in [0.29, 0.717) is 13.1 Å². The highest BCUT2D eigenvalue weighted by molar-refractivity contribution is 6.03. The van der Waals surface area contributed by atoms with Crippen LogP contribution in [-0.4, -0.2) is 35.6 Å². The van der Waals surface area contributed by atoms with E-state index < -0.39 is 0 Å². The van der Waals surface area contributed by atoms with Crippen LogP contribution in [0.1, 0.15) is 31.7 Å². The van der Waals surface area contributed by atoms with Crippen LogP contribution in [0, 0.1) is 0 Å². The zero-order chi connectivity index (χ0) is 18.4. The molecular formula is C21H23N3O2. The van der Waals surface area contributed by atoms with Gasteiger partial charge < -0.3 is 4.90 Å². The van der Waals surface area contributed by atoms with E-state index in [-0.39, 0.29) is 24.7 Å². The average molecular weight is 349 g/mol. The number of amides is 2. The maximum absolute atomic E-state index is 12.5. The van der Waals surface area contributed by atoms with Crippen molar-refractivity contribution in [2.45, 2.75) is 26.2 Å². The molecule has 0 radical (unpaired) electrons. The lowest BCUT2D eigenvalue weighted by Crippen LogP contribution is -2.32. The van der Waals surface area contributed by atoms with Crippen molar-refractivity contribution in [2.24, 2.45) is 5.10 Å². The summed E-state index contributed by atoms with van der Waals surface area (Å²) in [5.41, 5.74) is 2.82. The Morgan fingerprint density at radius 2 is 1.65 bits per heavy atom. The molecule has 5 heteroatoms. The molecule has 5 nitrogen and oxygen atoms in total. The summed E-state index contributed by atoms with van der Waals surface area (Å²) in [5.74, 6) is -0.146. The number of benzene rings is 2. The number of rotatable bonds is 6. The number of anilines is 1. The quantitative estimate of drug-likeness (QED) is 0.802. The zero-order valence-corrected chi connectivity index (χ0v) is 15.0. The van der Waals surface area contributed by atoms with Crippen molar-refractivity contribution in [1.82, 2.24) is 5.01 Å². The number of para-hydroxylation sites is 1. The third kappa shape index (κ3) is 4.17. The van der Waals surface area contributed by atoms with E-state index in [1.807, 2.05) is 67.6 Å². The van der Waals surface area contributed by atoms with E-state index in [2.05, 4.69) is 5.10 Å². The zero-order valence-electron chi connectivity index (χ0n) is 15.0. The topological polar surface area (TPSA) is 53.0 Å². The van der Waals surface area contributed by atoms with Crippen molar-refractivity contribution >= 4 is 23.2 Å². The Balaban J connectivity index is 1.57. The van der Waals surface area contributed by atoms with Gasteiger partial charge >= 0.3 is 0 Å². The number of hydrogen-bond donors (Lipinski definition) is 0. The third-order valence-electron chi connectivity index (χ3n) is 4.43. The first kappa shape index (κ1) is 17.9. The molecule has 2 amide bonds. The standard InChI is InChI=1S/C21H23N3O2/c1-2-23(18-11-7-4-8-12-18)20(25)13-14-21(26)24-16-15-19(22-24)17-9-5-3-6-10-17/h3-12H,2,13-16H2,1H3. The molecule has 134 valence electrons. The van der Waals surface area contributed by atoms with Crippen molar-refractivity contribution in [3.63, 3.8) is 0 Å². The molecule has 0 aromatic heterocycles. The smallest absolute Gasteiger partial charge is 0.243 e. The van der Waals surface area contributed by atoms with E-state index >= 15 is 0 Å². The summed E-state index contributed by atoms with van der Waals surface area (Å²) in [4.78, 5) is 26.6. The minimum atomic E-state index is -0.103. The SMILES string of the molecule is CCN(C(=O)CCC(=O)N1CCC(c2ccccc2)=N1)c1ccccc1. The predicted molar refractivity (Wildman–Crippen MR) is 103 cm³/mol. The van der Waals surface area contributed by atoms with Gasteiger partial charge in [-0.1, -0.05) is 48.5 Å². The van der Waals surface area contributed by atoms with Crippen LogP contribution < -0.4 is 4.90 Å². The molecule has 26 heavy (non-hydrogen) atoms. The summed E-state index contributed by atoms with van der Waals surface area (Å²) >= 11 is 0. The van der Waals surface area contributed by atoms with E-state index in [1.54, 1.807) is 4.90 Å². The molecule has 1 aliphatic rings. The molecular weight excluding hydrogens is 326 g/mol. The highest BCUT2D eigenvalue weighted by Crippen LogP contribution is 2.17. The van der Waals surface area contributed by atoms with Gasteiger partial charge in [0.25, 0.3) is 0 Å². The van der Waals surface area contributed by atoms with E-state index in [9.17, 15) is 9.59 Å². The van der Waals surface area contributed by atoms with Crippen LogP contribution in [0.5, 0.6) is 0 Å². The van der Waals surface area contributed by atoms with Crippen LogP contribution in [0.2, 0.25) is 0 Å². The minimum Gasteiger partial charge on any atom is -0.313 e. The Labute approximate surface area is 153 Å². The van der Waals surface area contributed by atoms with Gasteiger partial charge in [-0.2, -0.15) is 5.10 Å². The maximum atomic E-state index is 12.5. The lowest BCUT2D eigenvalue weighted by Gasteiger charge is -2.21. The molecule has 0 saturated carbocycles. The Morgan fingerprint density at radius 1 is 1.00 bits per heavy atom. The molecule has 0 unspecified atom stereocenters. The van der Waals surface area contributed by atoms with Gasteiger partial charge in [0, 0.05) is 31.5 Å². The van der Waals surface area contributed by atoms with Crippen LogP contribution >= 0.6 is 0 Å². The Morgan fingerprint density at radius 3 is 2.31 bits per heavy atom. The normalized spacial score (nSPS) is 13.4. The van der Waals surface area contributed by atoms with Crippen molar-refractivity contribution < 1.29 is 9.59 Å². The molecule has 2 aromatic rings. The minimum absolute atomic E-state index is 0.0430. The van der Waals surface area contributed by atoms with Gasteiger partial charge in [0.1, 0.15) is 0 Å². The van der Waals surface area contributed by atoms with Crippen molar-refractivity contribution in [1.29, 1.82) is 0 Å². The highest BCUT2D eigenvalue weighted by atomic mass is 16.2. The van der Waals surface area contributed by atoms with E-state index in [0.717, 1.165) is 23.4 Å². The van der Waals surface area contributed by atoms with Crippen LogP contribution in [0.3, 0.4) is 0 Å². The average Bonchev–Trinajstić information content (AvgIpc) is 3.18. The second kappa shape index (κ2) is 8.43. The fourth-order valence-electron chi connectivity index (χ4n) is 3.06. The lowest BCUT2D eigenvalue weighted by atomic mass is 10.1. The maximum Gasteiger partial charge on any atom is 0.243 e. The van der Waals surface area contributed by atoms with Crippen LogP contribution in [0.25, 0.3) is 0 Å². The summed E-state index contributed by atoms with van der Waals surface area (Å²) < 4.78 is 0. The fourth-order valence-corrected chi connectivity index (χ4v) is 3.06. The first-order valence-corrected chi connectivity index (χ1v) is 8.97. The fraction of sp³-hybridized carbons (Fsp3) is 0.286. The second-order valence-electron chi connectivity index (χ2n) is 6.15. The van der Waals surface area contributed by atoms with Crippen molar-refractivity contribution in [3.8, 4) is 0 Å². The predicted octanol–water partition coefficient (Wildman–Crippen LogP) is 3.46. The number of carbonyl (C=O) groups is 2. The van der Waals surface area contributed by atoms with Gasteiger partial charge in [-0.05, 0) is 24.6 Å². The molecule has 3 rings (SSSR count). The van der Waals surface area contributed by atoms with Gasteiger partial charge in [-0.3, -0.25) is 9.59 Å². The Bertz CT molecular complexity index is 787. The largest absolute Gasteiger partial charge is 0.313 e. The van der Waals surface area contributed by atoms with Crippen molar-refractivity contribution in [3.05, 3.63) is 66.2 Å². The summed E-state index contributed by atoms with van der Waals surface area (Å²) in [7, 11) is 0. The second-order valence-corrected chi connectivity index (χ2v) is 6.15. The molecule has 0 spiro atoms. The van der Waals surface area contributed by atoms with Gasteiger partial charge in [-0.25, -0.2) is 5.01 Å². The summed E-state index contributed by atoms with van der Waals surface area (Å²) in [6.07, 6.45) is 1.11. The molecule has 1 heterocycles. The molecule has 0 atom stereocenters. The molecule has 0 bridgehead atoms. The molecule has 0 N–H and O–H groups in total. The Kier molecular flexibility index (Phi) is 5.79. The number of nitrogens with zero attached hydrogens (tertiary/aromatic N) is 3. The summed E-state index contributed by atoms with van der Waals surface area (Å²) in [6.45, 7) is 3.09.